The second-order valence-corrected chi connectivity index (χ2v) is 8.91. The number of para-hydroxylation sites is 1. The molecule has 0 radical (unpaired) electrons. The van der Waals surface area contributed by atoms with Crippen molar-refractivity contribution in [3.63, 3.8) is 0 Å². The highest BCUT2D eigenvalue weighted by Gasteiger charge is 2.27. The first-order chi connectivity index (χ1) is 13.8. The molecule has 0 unspecified atom stereocenters. The van der Waals surface area contributed by atoms with E-state index in [9.17, 15) is 13.2 Å². The minimum atomic E-state index is -3.95. The van der Waals surface area contributed by atoms with Crippen molar-refractivity contribution in [1.29, 1.82) is 0 Å². The first-order valence-corrected chi connectivity index (χ1v) is 10.8. The summed E-state index contributed by atoms with van der Waals surface area (Å²) in [5.41, 5.74) is 2.85. The normalized spacial score (nSPS) is 11.1. The fourth-order valence-electron chi connectivity index (χ4n) is 2.96. The molecule has 0 atom stereocenters. The van der Waals surface area contributed by atoms with Crippen molar-refractivity contribution in [3.8, 4) is 0 Å². The molecular weight excluding hydrogens is 408 g/mol. The van der Waals surface area contributed by atoms with E-state index in [0.717, 1.165) is 15.4 Å². The van der Waals surface area contributed by atoms with Gasteiger partial charge in [-0.15, -0.1) is 0 Å². The molecule has 3 aromatic carbocycles. The van der Waals surface area contributed by atoms with E-state index in [1.54, 1.807) is 42.5 Å². The van der Waals surface area contributed by atoms with Gasteiger partial charge in [0.15, 0.2) is 0 Å². The molecule has 29 heavy (non-hydrogen) atoms. The highest BCUT2D eigenvalue weighted by atomic mass is 35.5. The predicted octanol–water partition coefficient (Wildman–Crippen LogP) is 4.79. The summed E-state index contributed by atoms with van der Waals surface area (Å²) in [6, 6.07) is 20.0. The van der Waals surface area contributed by atoms with Gasteiger partial charge in [0.2, 0.25) is 5.91 Å². The first kappa shape index (κ1) is 20.9. The Kier molecular flexibility index (Phi) is 6.25. The van der Waals surface area contributed by atoms with Crippen molar-refractivity contribution < 1.29 is 13.2 Å². The minimum absolute atomic E-state index is 0.106. The zero-order chi connectivity index (χ0) is 21.0. The molecule has 0 aromatic heterocycles. The van der Waals surface area contributed by atoms with Gasteiger partial charge in [0.1, 0.15) is 6.54 Å². The van der Waals surface area contributed by atoms with Crippen molar-refractivity contribution in [2.45, 2.75) is 18.7 Å². The number of nitrogens with one attached hydrogen (secondary N) is 1. The van der Waals surface area contributed by atoms with Crippen LogP contribution in [0.3, 0.4) is 0 Å². The lowest BCUT2D eigenvalue weighted by molar-refractivity contribution is -0.114. The van der Waals surface area contributed by atoms with Crippen molar-refractivity contribution in [2.24, 2.45) is 0 Å². The summed E-state index contributed by atoms with van der Waals surface area (Å²) in [5, 5.41) is 3.32. The molecule has 5 nitrogen and oxygen atoms in total. The van der Waals surface area contributed by atoms with E-state index in [-0.39, 0.29) is 11.4 Å². The van der Waals surface area contributed by atoms with E-state index in [1.165, 1.54) is 12.1 Å². The monoisotopic (exact) mass is 428 g/mol. The Morgan fingerprint density at radius 1 is 0.897 bits per heavy atom. The second kappa shape index (κ2) is 8.68. The van der Waals surface area contributed by atoms with Crippen LogP contribution in [-0.2, 0) is 14.8 Å². The van der Waals surface area contributed by atoms with Gasteiger partial charge in [-0.05, 0) is 61.4 Å². The number of carbonyl (C=O) groups is 1. The molecule has 0 saturated heterocycles. The number of carbonyl (C=O) groups excluding carboxylic acids is 1. The summed E-state index contributed by atoms with van der Waals surface area (Å²) in [7, 11) is -3.95. The van der Waals surface area contributed by atoms with E-state index in [1.807, 2.05) is 32.0 Å². The maximum atomic E-state index is 13.3. The Labute approximate surface area is 176 Å². The van der Waals surface area contributed by atoms with Crippen LogP contribution in [0.5, 0.6) is 0 Å². The average molecular weight is 429 g/mol. The summed E-state index contributed by atoms with van der Waals surface area (Å²) in [5.74, 6) is -0.433. The molecule has 3 rings (SSSR count). The molecule has 0 fully saturated rings. The van der Waals surface area contributed by atoms with E-state index in [2.05, 4.69) is 5.32 Å². The number of aryl methyl sites for hydroxylation is 2. The third-order valence-electron chi connectivity index (χ3n) is 4.48. The van der Waals surface area contributed by atoms with Crippen LogP contribution in [0, 0.1) is 13.8 Å². The highest BCUT2D eigenvalue weighted by Crippen LogP contribution is 2.26. The second-order valence-electron chi connectivity index (χ2n) is 6.62. The molecule has 0 bridgehead atoms. The standard InChI is InChI=1S/C22H21ClN2O3S/c1-16-7-6-8-17(2)22(16)24-21(26)15-25(19-13-11-18(23)12-14-19)29(27,28)20-9-4-3-5-10-20/h3-14H,15H2,1-2H3,(H,24,26). The van der Waals surface area contributed by atoms with Gasteiger partial charge in [0.25, 0.3) is 10.0 Å². The average Bonchev–Trinajstić information content (AvgIpc) is 2.70. The Morgan fingerprint density at radius 3 is 2.07 bits per heavy atom. The number of amides is 1. The molecule has 150 valence electrons. The number of nitrogens with zero attached hydrogens (tertiary/aromatic N) is 1. The Morgan fingerprint density at radius 2 is 1.48 bits per heavy atom. The number of anilines is 2. The molecule has 0 aliphatic carbocycles. The number of sulfonamides is 1. The van der Waals surface area contributed by atoms with Gasteiger partial charge in [0, 0.05) is 10.7 Å². The molecule has 0 spiro atoms. The summed E-state index contributed by atoms with van der Waals surface area (Å²) in [6.07, 6.45) is 0. The topological polar surface area (TPSA) is 66.5 Å². The fourth-order valence-corrected chi connectivity index (χ4v) is 4.53. The van der Waals surface area contributed by atoms with Crippen LogP contribution >= 0.6 is 11.6 Å². The molecule has 0 aliphatic heterocycles. The summed E-state index contributed by atoms with van der Waals surface area (Å²) in [6.45, 7) is 3.41. The smallest absolute Gasteiger partial charge is 0.264 e. The van der Waals surface area contributed by atoms with Crippen LogP contribution in [0.15, 0.2) is 77.7 Å². The van der Waals surface area contributed by atoms with E-state index in [4.69, 9.17) is 11.6 Å². The molecule has 1 N–H and O–H groups in total. The quantitative estimate of drug-likeness (QED) is 0.613. The van der Waals surface area contributed by atoms with E-state index in [0.29, 0.717) is 16.4 Å². The number of rotatable bonds is 6. The number of benzene rings is 3. The molecule has 0 saturated carbocycles. The zero-order valence-electron chi connectivity index (χ0n) is 16.1. The minimum Gasteiger partial charge on any atom is -0.324 e. The van der Waals surface area contributed by atoms with Crippen LogP contribution in [0.2, 0.25) is 5.02 Å². The predicted molar refractivity (Wildman–Crippen MR) is 117 cm³/mol. The molecule has 0 aliphatic rings. The lowest BCUT2D eigenvalue weighted by Crippen LogP contribution is -2.38. The van der Waals surface area contributed by atoms with Gasteiger partial charge in [-0.25, -0.2) is 8.42 Å². The van der Waals surface area contributed by atoms with Crippen molar-refractivity contribution in [2.75, 3.05) is 16.2 Å². The Bertz CT molecular complexity index is 1090. The van der Waals surface area contributed by atoms with Crippen LogP contribution in [0.1, 0.15) is 11.1 Å². The number of halogens is 1. The Hall–Kier alpha value is -2.83. The van der Waals surface area contributed by atoms with Gasteiger partial charge >= 0.3 is 0 Å². The molecular formula is C22H21ClN2O3S. The van der Waals surface area contributed by atoms with Gasteiger partial charge in [-0.1, -0.05) is 48.0 Å². The first-order valence-electron chi connectivity index (χ1n) is 8.98. The van der Waals surface area contributed by atoms with Crippen LogP contribution in [0.25, 0.3) is 0 Å². The lowest BCUT2D eigenvalue weighted by atomic mass is 10.1. The summed E-state index contributed by atoms with van der Waals surface area (Å²) < 4.78 is 27.6. The van der Waals surface area contributed by atoms with Gasteiger partial charge in [0.05, 0.1) is 10.6 Å². The van der Waals surface area contributed by atoms with Crippen molar-refractivity contribution in [1.82, 2.24) is 0 Å². The van der Waals surface area contributed by atoms with E-state index >= 15 is 0 Å². The fraction of sp³-hybridized carbons (Fsp3) is 0.136. The number of hydrogen-bond acceptors (Lipinski definition) is 3. The van der Waals surface area contributed by atoms with Crippen molar-refractivity contribution in [3.05, 3.63) is 88.9 Å². The lowest BCUT2D eigenvalue weighted by Gasteiger charge is -2.24. The molecule has 1 amide bonds. The SMILES string of the molecule is Cc1cccc(C)c1NC(=O)CN(c1ccc(Cl)cc1)S(=O)(=O)c1ccccc1. The van der Waals surface area contributed by atoms with Crippen LogP contribution in [-0.4, -0.2) is 20.9 Å². The third kappa shape index (κ3) is 4.78. The van der Waals surface area contributed by atoms with Crippen LogP contribution in [0.4, 0.5) is 11.4 Å². The molecule has 3 aromatic rings. The van der Waals surface area contributed by atoms with Crippen LogP contribution < -0.4 is 9.62 Å². The van der Waals surface area contributed by atoms with Crippen molar-refractivity contribution >= 4 is 38.9 Å². The van der Waals surface area contributed by atoms with Gasteiger partial charge < -0.3 is 5.32 Å². The molecule has 0 heterocycles. The maximum absolute atomic E-state index is 13.3. The maximum Gasteiger partial charge on any atom is 0.264 e. The molecule has 7 heteroatoms. The van der Waals surface area contributed by atoms with Gasteiger partial charge in [-0.2, -0.15) is 0 Å². The number of hydrogen-bond donors (Lipinski definition) is 1. The highest BCUT2D eigenvalue weighted by molar-refractivity contribution is 7.92. The third-order valence-corrected chi connectivity index (χ3v) is 6.52. The zero-order valence-corrected chi connectivity index (χ0v) is 17.7. The largest absolute Gasteiger partial charge is 0.324 e. The summed E-state index contributed by atoms with van der Waals surface area (Å²) in [4.78, 5) is 12.9. The summed E-state index contributed by atoms with van der Waals surface area (Å²) >= 11 is 5.95. The Balaban J connectivity index is 1.96. The van der Waals surface area contributed by atoms with E-state index < -0.39 is 15.9 Å². The van der Waals surface area contributed by atoms with Gasteiger partial charge in [-0.3, -0.25) is 9.10 Å².